The number of carbonyl (C=O) groups excluding carboxylic acids is 1. The fourth-order valence-corrected chi connectivity index (χ4v) is 2.58. The lowest BCUT2D eigenvalue weighted by Gasteiger charge is -2.06. The van der Waals surface area contributed by atoms with Gasteiger partial charge in [-0.15, -0.1) is 0 Å². The van der Waals surface area contributed by atoms with Gasteiger partial charge in [0.05, 0.1) is 12.8 Å². The Kier molecular flexibility index (Phi) is 9.62. The zero-order valence-electron chi connectivity index (χ0n) is 16.8. The van der Waals surface area contributed by atoms with Gasteiger partial charge in [-0.05, 0) is 60.4 Å². The minimum atomic E-state index is -0.301. The Labute approximate surface area is 167 Å². The van der Waals surface area contributed by atoms with E-state index in [1.807, 2.05) is 48.5 Å². The van der Waals surface area contributed by atoms with Crippen LogP contribution in [0.25, 0.3) is 0 Å². The number of unbranched alkanes of at least 4 members (excludes halogenated alkanes) is 3. The first-order valence-electron chi connectivity index (χ1n) is 9.97. The van der Waals surface area contributed by atoms with Gasteiger partial charge in [-0.2, -0.15) is 5.10 Å². The van der Waals surface area contributed by atoms with Gasteiger partial charge in [0.25, 0.3) is 5.91 Å². The molecule has 28 heavy (non-hydrogen) atoms. The maximum atomic E-state index is 11.8. The second-order valence-electron chi connectivity index (χ2n) is 6.56. The van der Waals surface area contributed by atoms with Crippen molar-refractivity contribution in [2.24, 2.45) is 5.10 Å². The van der Waals surface area contributed by atoms with Crippen LogP contribution in [0.15, 0.2) is 53.6 Å². The van der Waals surface area contributed by atoms with Crippen molar-refractivity contribution in [3.63, 3.8) is 0 Å². The molecule has 0 bridgehead atoms. The summed E-state index contributed by atoms with van der Waals surface area (Å²) in [5.74, 6) is 1.23. The second-order valence-corrected chi connectivity index (χ2v) is 6.56. The fourth-order valence-electron chi connectivity index (χ4n) is 2.58. The highest BCUT2D eigenvalue weighted by atomic mass is 16.5. The van der Waals surface area contributed by atoms with Crippen molar-refractivity contribution >= 4 is 12.1 Å². The van der Waals surface area contributed by atoms with Gasteiger partial charge in [-0.3, -0.25) is 4.79 Å². The first-order valence-corrected chi connectivity index (χ1v) is 9.97. The SMILES string of the molecule is CCCCCCOc1ccc(/C=N/NC(=O)COc2cccc(CC)c2)cc1. The van der Waals surface area contributed by atoms with Gasteiger partial charge in [-0.1, -0.05) is 45.2 Å². The van der Waals surface area contributed by atoms with Gasteiger partial charge < -0.3 is 9.47 Å². The average molecular weight is 383 g/mol. The lowest BCUT2D eigenvalue weighted by molar-refractivity contribution is -0.123. The Morgan fingerprint density at radius 3 is 2.57 bits per heavy atom. The molecule has 0 saturated carbocycles. The van der Waals surface area contributed by atoms with E-state index in [4.69, 9.17) is 9.47 Å². The first kappa shape index (κ1) is 21.5. The number of hydrazone groups is 1. The molecule has 0 atom stereocenters. The first-order chi connectivity index (χ1) is 13.7. The topological polar surface area (TPSA) is 59.9 Å². The summed E-state index contributed by atoms with van der Waals surface area (Å²) in [5, 5.41) is 3.97. The molecule has 2 rings (SSSR count). The van der Waals surface area contributed by atoms with Crippen LogP contribution in [-0.4, -0.2) is 25.3 Å². The molecular weight excluding hydrogens is 352 g/mol. The number of ether oxygens (including phenoxy) is 2. The van der Waals surface area contributed by atoms with Crippen LogP contribution in [-0.2, 0) is 11.2 Å². The number of nitrogens with one attached hydrogen (secondary N) is 1. The number of benzene rings is 2. The number of hydrogen-bond donors (Lipinski definition) is 1. The van der Waals surface area contributed by atoms with E-state index in [-0.39, 0.29) is 12.5 Å². The third kappa shape index (κ3) is 8.25. The summed E-state index contributed by atoms with van der Waals surface area (Å²) in [6, 6.07) is 15.4. The zero-order valence-corrected chi connectivity index (χ0v) is 16.8. The van der Waals surface area contributed by atoms with Crippen LogP contribution >= 0.6 is 0 Å². The number of carbonyl (C=O) groups is 1. The minimum Gasteiger partial charge on any atom is -0.494 e. The molecule has 0 aromatic heterocycles. The van der Waals surface area contributed by atoms with Crippen molar-refractivity contribution in [2.45, 2.75) is 46.0 Å². The van der Waals surface area contributed by atoms with Crippen LogP contribution in [0.5, 0.6) is 11.5 Å². The molecule has 5 heteroatoms. The molecule has 0 aliphatic rings. The van der Waals surface area contributed by atoms with Crippen molar-refractivity contribution in [1.29, 1.82) is 0 Å². The van der Waals surface area contributed by atoms with E-state index >= 15 is 0 Å². The Balaban J connectivity index is 1.69. The van der Waals surface area contributed by atoms with Gasteiger partial charge in [0.2, 0.25) is 0 Å². The maximum Gasteiger partial charge on any atom is 0.277 e. The third-order valence-corrected chi connectivity index (χ3v) is 4.23. The molecule has 2 aromatic rings. The van der Waals surface area contributed by atoms with Gasteiger partial charge in [-0.25, -0.2) is 5.43 Å². The molecule has 0 aliphatic carbocycles. The Morgan fingerprint density at radius 2 is 1.82 bits per heavy atom. The number of nitrogens with zero attached hydrogens (tertiary/aromatic N) is 1. The summed E-state index contributed by atoms with van der Waals surface area (Å²) in [6.07, 6.45) is 7.28. The molecule has 0 fully saturated rings. The van der Waals surface area contributed by atoms with E-state index in [0.717, 1.165) is 30.8 Å². The molecule has 1 amide bonds. The van der Waals surface area contributed by atoms with E-state index in [9.17, 15) is 4.79 Å². The van der Waals surface area contributed by atoms with E-state index in [2.05, 4.69) is 24.4 Å². The van der Waals surface area contributed by atoms with Crippen LogP contribution in [0.3, 0.4) is 0 Å². The average Bonchev–Trinajstić information content (AvgIpc) is 2.73. The second kappa shape index (κ2) is 12.5. The molecular formula is C23H30N2O3. The predicted octanol–water partition coefficient (Wildman–Crippen LogP) is 4.74. The number of hydrogen-bond acceptors (Lipinski definition) is 4. The number of aryl methyl sites for hydroxylation is 1. The highest BCUT2D eigenvalue weighted by molar-refractivity contribution is 5.83. The minimum absolute atomic E-state index is 0.0741. The summed E-state index contributed by atoms with van der Waals surface area (Å²) in [7, 11) is 0. The number of amides is 1. The van der Waals surface area contributed by atoms with Gasteiger partial charge in [0.15, 0.2) is 6.61 Å². The Morgan fingerprint density at radius 1 is 1.00 bits per heavy atom. The molecule has 0 spiro atoms. The molecule has 0 heterocycles. The molecule has 0 radical (unpaired) electrons. The molecule has 1 N–H and O–H groups in total. The van der Waals surface area contributed by atoms with Crippen molar-refractivity contribution < 1.29 is 14.3 Å². The van der Waals surface area contributed by atoms with Crippen LogP contribution in [0.2, 0.25) is 0 Å². The maximum absolute atomic E-state index is 11.8. The molecule has 0 aliphatic heterocycles. The van der Waals surface area contributed by atoms with E-state index in [1.54, 1.807) is 6.21 Å². The van der Waals surface area contributed by atoms with Crippen LogP contribution in [0.4, 0.5) is 0 Å². The van der Waals surface area contributed by atoms with E-state index in [1.165, 1.54) is 24.8 Å². The Hall–Kier alpha value is -2.82. The predicted molar refractivity (Wildman–Crippen MR) is 113 cm³/mol. The van der Waals surface area contributed by atoms with E-state index in [0.29, 0.717) is 5.75 Å². The monoisotopic (exact) mass is 382 g/mol. The molecule has 150 valence electrons. The normalized spacial score (nSPS) is 10.8. The van der Waals surface area contributed by atoms with Crippen molar-refractivity contribution in [1.82, 2.24) is 5.43 Å². The van der Waals surface area contributed by atoms with Crippen LogP contribution in [0.1, 0.15) is 50.7 Å². The van der Waals surface area contributed by atoms with E-state index < -0.39 is 0 Å². The van der Waals surface area contributed by atoms with Crippen molar-refractivity contribution in [2.75, 3.05) is 13.2 Å². The van der Waals surface area contributed by atoms with Crippen molar-refractivity contribution in [3.8, 4) is 11.5 Å². The summed E-state index contributed by atoms with van der Waals surface area (Å²) < 4.78 is 11.2. The van der Waals surface area contributed by atoms with Crippen molar-refractivity contribution in [3.05, 3.63) is 59.7 Å². The quantitative estimate of drug-likeness (QED) is 0.328. The summed E-state index contributed by atoms with van der Waals surface area (Å²) in [5.41, 5.74) is 4.53. The van der Waals surface area contributed by atoms with Gasteiger partial charge in [0.1, 0.15) is 11.5 Å². The van der Waals surface area contributed by atoms with Crippen LogP contribution in [0, 0.1) is 0 Å². The molecule has 5 nitrogen and oxygen atoms in total. The number of rotatable bonds is 12. The smallest absolute Gasteiger partial charge is 0.277 e. The molecule has 2 aromatic carbocycles. The van der Waals surface area contributed by atoms with Crippen LogP contribution < -0.4 is 14.9 Å². The van der Waals surface area contributed by atoms with Gasteiger partial charge >= 0.3 is 0 Å². The lowest BCUT2D eigenvalue weighted by atomic mass is 10.2. The highest BCUT2D eigenvalue weighted by Crippen LogP contribution is 2.14. The third-order valence-electron chi connectivity index (χ3n) is 4.23. The van der Waals surface area contributed by atoms with Gasteiger partial charge in [0, 0.05) is 0 Å². The summed E-state index contributed by atoms with van der Waals surface area (Å²) in [6.45, 7) is 4.94. The molecule has 0 unspecified atom stereocenters. The largest absolute Gasteiger partial charge is 0.494 e. The highest BCUT2D eigenvalue weighted by Gasteiger charge is 2.02. The Bertz CT molecular complexity index is 742. The molecule has 0 saturated heterocycles. The summed E-state index contributed by atoms with van der Waals surface area (Å²) in [4.78, 5) is 11.8. The standard InChI is InChI=1S/C23H30N2O3/c1-3-5-6-7-15-27-21-13-11-20(12-14-21)17-24-25-23(26)18-28-22-10-8-9-19(4-2)16-22/h8-14,16-17H,3-7,15,18H2,1-2H3,(H,25,26)/b24-17+. The summed E-state index contributed by atoms with van der Waals surface area (Å²) >= 11 is 0. The zero-order chi connectivity index (χ0) is 20.0. The lowest BCUT2D eigenvalue weighted by Crippen LogP contribution is -2.24. The fraction of sp³-hybridized carbons (Fsp3) is 0.391.